The van der Waals surface area contributed by atoms with Gasteiger partial charge in [0.15, 0.2) is 11.5 Å². The predicted molar refractivity (Wildman–Crippen MR) is 122 cm³/mol. The summed E-state index contributed by atoms with van der Waals surface area (Å²) in [7, 11) is 1.38. The molecule has 2 aromatic carbocycles. The molecule has 1 aliphatic heterocycles. The minimum Gasteiger partial charge on any atom is -0.493 e. The van der Waals surface area contributed by atoms with E-state index in [0.29, 0.717) is 32.5 Å². The number of amides is 2. The second-order valence-corrected chi connectivity index (χ2v) is 8.00. The van der Waals surface area contributed by atoms with Crippen LogP contribution in [-0.4, -0.2) is 56.7 Å². The van der Waals surface area contributed by atoms with Crippen LogP contribution in [0.1, 0.15) is 24.8 Å². The van der Waals surface area contributed by atoms with Crippen LogP contribution < -0.4 is 19.5 Å². The van der Waals surface area contributed by atoms with Crippen molar-refractivity contribution >= 4 is 11.8 Å². The molecule has 1 N–H and O–H groups in total. The Kier molecular flexibility index (Phi) is 9.49. The predicted octanol–water partition coefficient (Wildman–Crippen LogP) is 3.66. The summed E-state index contributed by atoms with van der Waals surface area (Å²) >= 11 is 0. The van der Waals surface area contributed by atoms with Gasteiger partial charge in [-0.25, -0.2) is 0 Å². The molecule has 0 spiro atoms. The third-order valence-corrected chi connectivity index (χ3v) is 5.63. The molecule has 1 atom stereocenters. The summed E-state index contributed by atoms with van der Waals surface area (Å²) in [5.41, 5.74) is 0.732. The lowest BCUT2D eigenvalue weighted by Gasteiger charge is -2.32. The number of hydrogen-bond acceptors (Lipinski definition) is 5. The molecule has 3 rings (SSSR count). The summed E-state index contributed by atoms with van der Waals surface area (Å²) in [5.74, 6) is 0.472. The fraction of sp³-hybridized carbons (Fsp3) is 0.440. The van der Waals surface area contributed by atoms with Gasteiger partial charge in [0.2, 0.25) is 11.8 Å². The van der Waals surface area contributed by atoms with Gasteiger partial charge < -0.3 is 24.4 Å². The van der Waals surface area contributed by atoms with Crippen molar-refractivity contribution in [1.82, 2.24) is 10.2 Å². The van der Waals surface area contributed by atoms with E-state index >= 15 is 0 Å². The van der Waals surface area contributed by atoms with Gasteiger partial charge in [0.1, 0.15) is 5.75 Å². The van der Waals surface area contributed by atoms with E-state index in [2.05, 4.69) is 10.1 Å². The molecule has 1 saturated heterocycles. The minimum atomic E-state index is -2.95. The molecule has 0 aliphatic carbocycles. The molecule has 2 aromatic rings. The quantitative estimate of drug-likeness (QED) is 0.536. The number of methoxy groups -OCH3 is 1. The molecule has 184 valence electrons. The Morgan fingerprint density at radius 2 is 1.94 bits per heavy atom. The second kappa shape index (κ2) is 12.8. The number of rotatable bonds is 11. The van der Waals surface area contributed by atoms with Crippen LogP contribution in [0.15, 0.2) is 48.5 Å². The van der Waals surface area contributed by atoms with Crippen LogP contribution in [0.5, 0.6) is 17.2 Å². The molecule has 1 heterocycles. The summed E-state index contributed by atoms with van der Waals surface area (Å²) in [5, 5.41) is 2.89. The van der Waals surface area contributed by atoms with Gasteiger partial charge in [0.05, 0.1) is 26.1 Å². The number of piperidine rings is 1. The summed E-state index contributed by atoms with van der Waals surface area (Å²) < 4.78 is 40.3. The van der Waals surface area contributed by atoms with Gasteiger partial charge >= 0.3 is 6.61 Å². The highest BCUT2D eigenvalue weighted by Gasteiger charge is 2.28. The van der Waals surface area contributed by atoms with Crippen molar-refractivity contribution in [2.24, 2.45) is 5.92 Å². The van der Waals surface area contributed by atoms with Crippen LogP contribution in [0.2, 0.25) is 0 Å². The standard InChI is InChI=1S/C25H30F2N2O5/c1-32-21-10-9-18(16-22(21)34-25(26)27)11-13-28-24(31)19-6-5-14-29(17-19)23(30)12-15-33-20-7-3-2-4-8-20/h2-4,7-10,16,19,25H,5-6,11-15,17H2,1H3,(H,28,31). The number of likely N-dealkylation sites (tertiary alicyclic amines) is 1. The Labute approximate surface area is 198 Å². The highest BCUT2D eigenvalue weighted by molar-refractivity contribution is 5.81. The van der Waals surface area contributed by atoms with Crippen molar-refractivity contribution < 1.29 is 32.6 Å². The lowest BCUT2D eigenvalue weighted by atomic mass is 9.96. The van der Waals surface area contributed by atoms with Crippen LogP contribution >= 0.6 is 0 Å². The van der Waals surface area contributed by atoms with Crippen LogP contribution in [0, 0.1) is 5.92 Å². The number of benzene rings is 2. The third-order valence-electron chi connectivity index (χ3n) is 5.63. The highest BCUT2D eigenvalue weighted by atomic mass is 19.3. The maximum absolute atomic E-state index is 12.7. The number of ether oxygens (including phenoxy) is 3. The molecular formula is C25H30F2N2O5. The van der Waals surface area contributed by atoms with E-state index in [1.807, 2.05) is 30.3 Å². The average Bonchev–Trinajstić information content (AvgIpc) is 2.84. The Hall–Kier alpha value is -3.36. The van der Waals surface area contributed by atoms with Crippen molar-refractivity contribution in [3.05, 3.63) is 54.1 Å². The Morgan fingerprint density at radius 1 is 1.15 bits per heavy atom. The largest absolute Gasteiger partial charge is 0.493 e. The maximum atomic E-state index is 12.7. The molecule has 34 heavy (non-hydrogen) atoms. The van der Waals surface area contributed by atoms with Crippen LogP contribution in [0.25, 0.3) is 0 Å². The average molecular weight is 477 g/mol. The molecule has 0 aromatic heterocycles. The highest BCUT2D eigenvalue weighted by Crippen LogP contribution is 2.29. The van der Waals surface area contributed by atoms with E-state index in [-0.39, 0.29) is 42.3 Å². The van der Waals surface area contributed by atoms with E-state index < -0.39 is 6.61 Å². The van der Waals surface area contributed by atoms with Crippen LogP contribution in [0.3, 0.4) is 0 Å². The number of hydrogen-bond donors (Lipinski definition) is 1. The van der Waals surface area contributed by atoms with Crippen molar-refractivity contribution in [3.63, 3.8) is 0 Å². The van der Waals surface area contributed by atoms with Crippen LogP contribution in [0.4, 0.5) is 8.78 Å². The lowest BCUT2D eigenvalue weighted by Crippen LogP contribution is -2.46. The van der Waals surface area contributed by atoms with Crippen molar-refractivity contribution in [2.75, 3.05) is 33.4 Å². The number of para-hydroxylation sites is 1. The molecule has 9 heteroatoms. The fourth-order valence-corrected chi connectivity index (χ4v) is 3.89. The van der Waals surface area contributed by atoms with E-state index in [0.717, 1.165) is 17.7 Å². The fourth-order valence-electron chi connectivity index (χ4n) is 3.89. The van der Waals surface area contributed by atoms with Crippen molar-refractivity contribution in [3.8, 4) is 17.2 Å². The Bertz CT molecular complexity index is 942. The zero-order valence-corrected chi connectivity index (χ0v) is 19.2. The van der Waals surface area contributed by atoms with Gasteiger partial charge in [-0.2, -0.15) is 8.78 Å². The van der Waals surface area contributed by atoms with Gasteiger partial charge in [-0.05, 0) is 49.1 Å². The van der Waals surface area contributed by atoms with Gasteiger partial charge in [0, 0.05) is 19.6 Å². The maximum Gasteiger partial charge on any atom is 0.387 e. The number of alkyl halides is 2. The van der Waals surface area contributed by atoms with Gasteiger partial charge in [-0.1, -0.05) is 24.3 Å². The molecular weight excluding hydrogens is 446 g/mol. The van der Waals surface area contributed by atoms with Crippen molar-refractivity contribution in [2.45, 2.75) is 32.3 Å². The number of halogens is 2. The Balaban J connectivity index is 1.43. The van der Waals surface area contributed by atoms with Crippen molar-refractivity contribution in [1.29, 1.82) is 0 Å². The zero-order valence-electron chi connectivity index (χ0n) is 19.2. The molecule has 0 bridgehead atoms. The summed E-state index contributed by atoms with van der Waals surface area (Å²) in [6.45, 7) is -1.31. The molecule has 1 unspecified atom stereocenters. The Morgan fingerprint density at radius 3 is 2.68 bits per heavy atom. The van der Waals surface area contributed by atoms with Crippen LogP contribution in [-0.2, 0) is 16.0 Å². The number of nitrogens with zero attached hydrogens (tertiary/aromatic N) is 1. The SMILES string of the molecule is COc1ccc(CCNC(=O)C2CCCN(C(=O)CCOc3ccccc3)C2)cc1OC(F)F. The number of nitrogens with one attached hydrogen (secondary N) is 1. The number of carbonyl (C=O) groups is 2. The number of carbonyl (C=O) groups excluding carboxylic acids is 2. The molecule has 1 aliphatic rings. The monoisotopic (exact) mass is 476 g/mol. The molecule has 7 nitrogen and oxygen atoms in total. The van der Waals surface area contributed by atoms with Gasteiger partial charge in [-0.3, -0.25) is 9.59 Å². The summed E-state index contributed by atoms with van der Waals surface area (Å²) in [6.07, 6.45) is 2.17. The molecule has 2 amide bonds. The summed E-state index contributed by atoms with van der Waals surface area (Å²) in [6, 6.07) is 14.1. The second-order valence-electron chi connectivity index (χ2n) is 8.00. The first kappa shape index (κ1) is 25.3. The molecule has 1 fully saturated rings. The first-order valence-corrected chi connectivity index (χ1v) is 11.3. The van der Waals surface area contributed by atoms with E-state index in [1.165, 1.54) is 13.2 Å². The zero-order chi connectivity index (χ0) is 24.3. The van der Waals surface area contributed by atoms with E-state index in [1.54, 1.807) is 17.0 Å². The molecule has 0 saturated carbocycles. The minimum absolute atomic E-state index is 0.0294. The van der Waals surface area contributed by atoms with E-state index in [9.17, 15) is 18.4 Å². The van der Waals surface area contributed by atoms with E-state index in [4.69, 9.17) is 9.47 Å². The third kappa shape index (κ3) is 7.60. The topological polar surface area (TPSA) is 77.1 Å². The summed E-state index contributed by atoms with van der Waals surface area (Å²) in [4.78, 5) is 26.9. The van der Waals surface area contributed by atoms with Gasteiger partial charge in [0.25, 0.3) is 0 Å². The van der Waals surface area contributed by atoms with Gasteiger partial charge in [-0.15, -0.1) is 0 Å². The first-order chi connectivity index (χ1) is 16.5. The smallest absolute Gasteiger partial charge is 0.387 e. The normalized spacial score (nSPS) is 15.6. The lowest BCUT2D eigenvalue weighted by molar-refractivity contribution is -0.136. The molecule has 0 radical (unpaired) electrons. The first-order valence-electron chi connectivity index (χ1n) is 11.3.